The number of amides is 1. The predicted molar refractivity (Wildman–Crippen MR) is 115 cm³/mol. The highest BCUT2D eigenvalue weighted by Crippen LogP contribution is 2.17. The van der Waals surface area contributed by atoms with Crippen LogP contribution in [-0.2, 0) is 16.4 Å². The first-order valence-electron chi connectivity index (χ1n) is 9.39. The first-order chi connectivity index (χ1) is 14.9. The Balaban J connectivity index is 1.40. The molecule has 4 aromatic rings. The van der Waals surface area contributed by atoms with Gasteiger partial charge < -0.3 is 5.32 Å². The number of benzene rings is 2. The molecule has 0 atom stereocenters. The fraction of sp³-hybridized carbons (Fsp3) is 0.0909. The van der Waals surface area contributed by atoms with E-state index in [0.717, 1.165) is 28.8 Å². The third-order valence-corrected chi connectivity index (χ3v) is 5.79. The van der Waals surface area contributed by atoms with E-state index >= 15 is 0 Å². The highest BCUT2D eigenvalue weighted by molar-refractivity contribution is 7.90. The number of hydrogen-bond donors (Lipinski definition) is 1. The van der Waals surface area contributed by atoms with Gasteiger partial charge in [0, 0.05) is 36.3 Å². The number of nitrogens with one attached hydrogen (secondary N) is 1. The van der Waals surface area contributed by atoms with Crippen molar-refractivity contribution in [1.29, 1.82) is 0 Å². The summed E-state index contributed by atoms with van der Waals surface area (Å²) in [6.45, 7) is 0.298. The molecule has 0 saturated carbocycles. The number of carbonyl (C=O) groups is 1. The summed E-state index contributed by atoms with van der Waals surface area (Å²) in [5, 5.41) is 7.18. The van der Waals surface area contributed by atoms with Gasteiger partial charge in [-0.25, -0.2) is 23.1 Å². The second kappa shape index (κ2) is 8.49. The molecular weight excluding hydrogens is 414 g/mol. The lowest BCUT2D eigenvalue weighted by Crippen LogP contribution is -2.22. The van der Waals surface area contributed by atoms with Crippen molar-refractivity contribution in [1.82, 2.24) is 25.1 Å². The number of aromatic nitrogens is 4. The summed E-state index contributed by atoms with van der Waals surface area (Å²) >= 11 is 0. The van der Waals surface area contributed by atoms with Crippen LogP contribution in [0.4, 0.5) is 0 Å². The first kappa shape index (κ1) is 20.4. The van der Waals surface area contributed by atoms with Crippen molar-refractivity contribution in [2.75, 3.05) is 6.26 Å². The average molecular weight is 433 g/mol. The van der Waals surface area contributed by atoms with E-state index in [1.807, 2.05) is 24.4 Å². The minimum absolute atomic E-state index is 0.221. The van der Waals surface area contributed by atoms with Gasteiger partial charge in [0.05, 0.1) is 22.5 Å². The third kappa shape index (κ3) is 4.84. The van der Waals surface area contributed by atoms with Gasteiger partial charge in [0.1, 0.15) is 6.33 Å². The third-order valence-electron chi connectivity index (χ3n) is 4.66. The van der Waals surface area contributed by atoms with Crippen molar-refractivity contribution in [3.63, 3.8) is 0 Å². The molecule has 0 fully saturated rings. The van der Waals surface area contributed by atoms with E-state index in [4.69, 9.17) is 0 Å². The van der Waals surface area contributed by atoms with Gasteiger partial charge in [-0.2, -0.15) is 5.10 Å². The maximum Gasteiger partial charge on any atom is 0.251 e. The number of hydrogen-bond acceptors (Lipinski definition) is 6. The Kier molecular flexibility index (Phi) is 5.59. The summed E-state index contributed by atoms with van der Waals surface area (Å²) in [7, 11) is -3.24. The van der Waals surface area contributed by atoms with Crippen molar-refractivity contribution in [2.24, 2.45) is 0 Å². The monoisotopic (exact) mass is 433 g/mol. The van der Waals surface area contributed by atoms with Gasteiger partial charge in [0.15, 0.2) is 9.84 Å². The molecule has 0 spiro atoms. The van der Waals surface area contributed by atoms with E-state index < -0.39 is 9.84 Å². The van der Waals surface area contributed by atoms with Crippen molar-refractivity contribution in [3.8, 4) is 16.9 Å². The average Bonchev–Trinajstić information content (AvgIpc) is 3.28. The molecule has 2 heterocycles. The van der Waals surface area contributed by atoms with Gasteiger partial charge in [0.25, 0.3) is 5.91 Å². The fourth-order valence-electron chi connectivity index (χ4n) is 2.96. The quantitative estimate of drug-likeness (QED) is 0.501. The molecule has 4 rings (SSSR count). The zero-order valence-corrected chi connectivity index (χ0v) is 17.5. The van der Waals surface area contributed by atoms with Crippen molar-refractivity contribution < 1.29 is 13.2 Å². The van der Waals surface area contributed by atoms with Gasteiger partial charge in [-0.3, -0.25) is 4.79 Å². The molecule has 0 unspecified atom stereocenters. The van der Waals surface area contributed by atoms with Crippen LogP contribution >= 0.6 is 0 Å². The minimum atomic E-state index is -3.24. The van der Waals surface area contributed by atoms with Crippen molar-refractivity contribution in [2.45, 2.75) is 11.4 Å². The number of rotatable bonds is 6. The summed E-state index contributed by atoms with van der Waals surface area (Å²) in [6.07, 6.45) is 7.90. The lowest BCUT2D eigenvalue weighted by molar-refractivity contribution is 0.0951. The Labute approximate surface area is 179 Å². The molecule has 1 N–H and O–H groups in total. The van der Waals surface area contributed by atoms with Crippen LogP contribution < -0.4 is 5.32 Å². The van der Waals surface area contributed by atoms with Crippen LogP contribution in [0.15, 0.2) is 84.4 Å². The molecule has 9 heteroatoms. The van der Waals surface area contributed by atoms with Gasteiger partial charge in [0.2, 0.25) is 0 Å². The minimum Gasteiger partial charge on any atom is -0.348 e. The fourth-order valence-corrected chi connectivity index (χ4v) is 3.59. The molecule has 0 aliphatic carbocycles. The molecule has 0 aliphatic rings. The largest absolute Gasteiger partial charge is 0.348 e. The Morgan fingerprint density at radius 1 is 1.03 bits per heavy atom. The predicted octanol–water partition coefficient (Wildman–Crippen LogP) is 2.66. The molecule has 0 saturated heterocycles. The van der Waals surface area contributed by atoms with Gasteiger partial charge in [-0.15, -0.1) is 0 Å². The van der Waals surface area contributed by atoms with Crippen LogP contribution in [0.5, 0.6) is 0 Å². The van der Waals surface area contributed by atoms with E-state index in [-0.39, 0.29) is 10.8 Å². The second-order valence-corrected chi connectivity index (χ2v) is 8.93. The molecule has 0 bridgehead atoms. The molecule has 156 valence electrons. The number of sulfone groups is 1. The van der Waals surface area contributed by atoms with Gasteiger partial charge in [-0.05, 0) is 48.0 Å². The van der Waals surface area contributed by atoms with E-state index in [0.29, 0.717) is 12.1 Å². The Hall–Kier alpha value is -3.85. The SMILES string of the molecule is CS(=O)(=O)c1ccc(CNC(=O)c2ccc(-n3cc(-c4ccncn4)cn3)cc2)cc1. The zero-order valence-electron chi connectivity index (χ0n) is 16.6. The van der Waals surface area contributed by atoms with Crippen LogP contribution in [0.1, 0.15) is 15.9 Å². The lowest BCUT2D eigenvalue weighted by Gasteiger charge is -2.07. The molecule has 1 amide bonds. The van der Waals surface area contributed by atoms with Crippen molar-refractivity contribution >= 4 is 15.7 Å². The zero-order chi connectivity index (χ0) is 21.8. The van der Waals surface area contributed by atoms with Crippen LogP contribution in [0.25, 0.3) is 16.9 Å². The van der Waals surface area contributed by atoms with Gasteiger partial charge >= 0.3 is 0 Å². The Bertz CT molecular complexity index is 1300. The van der Waals surface area contributed by atoms with Gasteiger partial charge in [-0.1, -0.05) is 12.1 Å². The maximum atomic E-state index is 12.4. The standard InChI is InChI=1S/C22H19N5O3S/c1-31(29,30)20-8-2-16(3-9-20)12-24-22(28)17-4-6-19(7-5-17)27-14-18(13-26-27)21-10-11-23-15-25-21/h2-11,13-15H,12H2,1H3,(H,24,28). The highest BCUT2D eigenvalue weighted by Gasteiger charge is 2.09. The van der Waals surface area contributed by atoms with Crippen LogP contribution in [0.2, 0.25) is 0 Å². The Morgan fingerprint density at radius 2 is 1.77 bits per heavy atom. The topological polar surface area (TPSA) is 107 Å². The van der Waals surface area contributed by atoms with Crippen LogP contribution in [-0.4, -0.2) is 40.3 Å². The Morgan fingerprint density at radius 3 is 2.42 bits per heavy atom. The maximum absolute atomic E-state index is 12.4. The lowest BCUT2D eigenvalue weighted by atomic mass is 10.1. The summed E-state index contributed by atoms with van der Waals surface area (Å²) in [5.41, 5.74) is 3.78. The smallest absolute Gasteiger partial charge is 0.251 e. The molecule has 0 aliphatic heterocycles. The van der Waals surface area contributed by atoms with Crippen LogP contribution in [0, 0.1) is 0 Å². The molecule has 8 nitrogen and oxygen atoms in total. The molecular formula is C22H19N5O3S. The van der Waals surface area contributed by atoms with Crippen molar-refractivity contribution in [3.05, 3.63) is 90.6 Å². The number of nitrogens with zero attached hydrogens (tertiary/aromatic N) is 4. The summed E-state index contributed by atoms with van der Waals surface area (Å²) < 4.78 is 24.7. The van der Waals surface area contributed by atoms with E-state index in [1.165, 1.54) is 18.5 Å². The number of carbonyl (C=O) groups excluding carboxylic acids is 1. The van der Waals surface area contributed by atoms with E-state index in [9.17, 15) is 13.2 Å². The summed E-state index contributed by atoms with van der Waals surface area (Å²) in [5.74, 6) is -0.221. The van der Waals surface area contributed by atoms with Crippen LogP contribution in [0.3, 0.4) is 0 Å². The van der Waals surface area contributed by atoms with E-state index in [1.54, 1.807) is 41.3 Å². The summed E-state index contributed by atoms with van der Waals surface area (Å²) in [4.78, 5) is 20.8. The molecule has 2 aromatic heterocycles. The highest BCUT2D eigenvalue weighted by atomic mass is 32.2. The first-order valence-corrected chi connectivity index (χ1v) is 11.3. The van der Waals surface area contributed by atoms with E-state index in [2.05, 4.69) is 20.4 Å². The molecule has 2 aromatic carbocycles. The molecule has 0 radical (unpaired) electrons. The normalized spacial score (nSPS) is 11.3. The summed E-state index contributed by atoms with van der Waals surface area (Å²) in [6, 6.07) is 15.3. The molecule has 31 heavy (non-hydrogen) atoms. The second-order valence-electron chi connectivity index (χ2n) is 6.91.